The molecule has 4 aromatic rings. The summed E-state index contributed by atoms with van der Waals surface area (Å²) in [5.74, 6) is 0. The molecule has 0 spiro atoms. The maximum Gasteiger partial charge on any atom is 0.323 e. The Morgan fingerprint density at radius 2 is 1.97 bits per heavy atom. The highest BCUT2D eigenvalue weighted by Gasteiger charge is 2.33. The van der Waals surface area contributed by atoms with E-state index in [1.165, 1.54) is 0 Å². The van der Waals surface area contributed by atoms with Gasteiger partial charge in [-0.25, -0.2) is 4.79 Å². The first-order valence-electron chi connectivity index (χ1n) is 9.74. The van der Waals surface area contributed by atoms with Gasteiger partial charge in [0, 0.05) is 21.8 Å². The summed E-state index contributed by atoms with van der Waals surface area (Å²) in [6, 6.07) is 21.7. The van der Waals surface area contributed by atoms with E-state index in [1.807, 2.05) is 48.2 Å². The number of hydrogen-bond acceptors (Lipinski definition) is 2. The molecule has 1 aliphatic heterocycles. The molecule has 0 bridgehead atoms. The van der Waals surface area contributed by atoms with E-state index in [9.17, 15) is 4.79 Å². The SMILES string of the molecule is Cc1ccc(Cl)cc1NC(=O)N1Cc2ccccc2-n2cccc2[C@@H]1c1cccs1. The van der Waals surface area contributed by atoms with E-state index in [4.69, 9.17) is 11.6 Å². The summed E-state index contributed by atoms with van der Waals surface area (Å²) >= 11 is 7.84. The zero-order valence-electron chi connectivity index (χ0n) is 16.4. The lowest BCUT2D eigenvalue weighted by Crippen LogP contribution is -2.37. The molecule has 0 aliphatic carbocycles. The second kappa shape index (κ2) is 7.67. The van der Waals surface area contributed by atoms with Crippen molar-refractivity contribution in [2.45, 2.75) is 19.5 Å². The van der Waals surface area contributed by atoms with Crippen LogP contribution in [0, 0.1) is 6.92 Å². The first-order valence-corrected chi connectivity index (χ1v) is 11.0. The maximum absolute atomic E-state index is 13.6. The number of rotatable bonds is 2. The molecule has 5 rings (SSSR count). The highest BCUT2D eigenvalue weighted by Crippen LogP contribution is 2.38. The molecule has 0 saturated heterocycles. The number of carbonyl (C=O) groups excluding carboxylic acids is 1. The first-order chi connectivity index (χ1) is 14.6. The van der Waals surface area contributed by atoms with E-state index >= 15 is 0 Å². The monoisotopic (exact) mass is 433 g/mol. The zero-order chi connectivity index (χ0) is 20.7. The molecule has 30 heavy (non-hydrogen) atoms. The van der Waals surface area contributed by atoms with Gasteiger partial charge in [0.25, 0.3) is 0 Å². The molecule has 2 aromatic carbocycles. The highest BCUT2D eigenvalue weighted by atomic mass is 35.5. The third-order valence-corrected chi connectivity index (χ3v) is 6.64. The van der Waals surface area contributed by atoms with E-state index in [-0.39, 0.29) is 12.1 Å². The van der Waals surface area contributed by atoms with Crippen LogP contribution in [0.25, 0.3) is 5.69 Å². The zero-order valence-corrected chi connectivity index (χ0v) is 18.0. The van der Waals surface area contributed by atoms with Crippen LogP contribution in [0.15, 0.2) is 78.3 Å². The number of hydrogen-bond donors (Lipinski definition) is 1. The van der Waals surface area contributed by atoms with Gasteiger partial charge >= 0.3 is 6.03 Å². The molecule has 3 heterocycles. The molecule has 1 aliphatic rings. The lowest BCUT2D eigenvalue weighted by atomic mass is 10.1. The Hall–Kier alpha value is -3.02. The number of urea groups is 1. The van der Waals surface area contributed by atoms with Crippen molar-refractivity contribution in [3.63, 3.8) is 0 Å². The number of nitrogens with one attached hydrogen (secondary N) is 1. The summed E-state index contributed by atoms with van der Waals surface area (Å²) in [4.78, 5) is 16.6. The van der Waals surface area contributed by atoms with Crippen molar-refractivity contribution >= 4 is 34.7 Å². The van der Waals surface area contributed by atoms with Crippen molar-refractivity contribution in [1.82, 2.24) is 9.47 Å². The van der Waals surface area contributed by atoms with Gasteiger partial charge in [-0.3, -0.25) is 0 Å². The number of benzene rings is 2. The molecule has 4 nitrogen and oxygen atoms in total. The topological polar surface area (TPSA) is 37.3 Å². The average molecular weight is 434 g/mol. The Bertz CT molecular complexity index is 1210. The van der Waals surface area contributed by atoms with Crippen molar-refractivity contribution in [3.8, 4) is 5.69 Å². The molecule has 0 saturated carbocycles. The number of thiophene rings is 1. The number of para-hydroxylation sites is 1. The molecular weight excluding hydrogens is 414 g/mol. The fourth-order valence-electron chi connectivity index (χ4n) is 4.00. The molecule has 0 radical (unpaired) electrons. The molecule has 6 heteroatoms. The standard InChI is InChI=1S/C24H20ClN3OS/c1-16-10-11-18(25)14-19(16)26-24(29)28-15-17-6-2-3-7-20(17)27-12-4-8-21(27)23(28)22-9-5-13-30-22/h2-14,23H,15H2,1H3,(H,26,29)/t23-/m1/s1. The van der Waals surface area contributed by atoms with Crippen molar-refractivity contribution in [2.75, 3.05) is 5.32 Å². The van der Waals surface area contributed by atoms with Crippen LogP contribution < -0.4 is 5.32 Å². The van der Waals surface area contributed by atoms with Crippen LogP contribution in [-0.2, 0) is 6.54 Å². The normalized spacial score (nSPS) is 15.3. The first kappa shape index (κ1) is 19.0. The second-order valence-corrected chi connectivity index (χ2v) is 8.78. The molecule has 2 aromatic heterocycles. The van der Waals surface area contributed by atoms with Crippen LogP contribution in [0.1, 0.15) is 27.7 Å². The minimum absolute atomic E-state index is 0.150. The Balaban J connectivity index is 1.62. The number of halogens is 1. The highest BCUT2D eigenvalue weighted by molar-refractivity contribution is 7.10. The predicted octanol–water partition coefficient (Wildman–Crippen LogP) is 6.64. The van der Waals surface area contributed by atoms with E-state index in [2.05, 4.69) is 45.7 Å². The quantitative estimate of drug-likeness (QED) is 0.378. The van der Waals surface area contributed by atoms with E-state index < -0.39 is 0 Å². The summed E-state index contributed by atoms with van der Waals surface area (Å²) in [5.41, 5.74) is 4.98. The molecular formula is C24H20ClN3OS. The van der Waals surface area contributed by atoms with Crippen LogP contribution in [0.3, 0.4) is 0 Å². The molecule has 0 unspecified atom stereocenters. The number of nitrogens with zero attached hydrogens (tertiary/aromatic N) is 2. The smallest absolute Gasteiger partial charge is 0.318 e. The fourth-order valence-corrected chi connectivity index (χ4v) is 5.02. The summed E-state index contributed by atoms with van der Waals surface area (Å²) < 4.78 is 2.19. The molecule has 1 N–H and O–H groups in total. The third kappa shape index (κ3) is 3.30. The van der Waals surface area contributed by atoms with Gasteiger partial charge in [0.1, 0.15) is 6.04 Å². The number of amides is 2. The average Bonchev–Trinajstić information content (AvgIpc) is 3.42. The van der Waals surface area contributed by atoms with Gasteiger partial charge in [0.05, 0.1) is 17.9 Å². The lowest BCUT2D eigenvalue weighted by Gasteiger charge is -2.30. The van der Waals surface area contributed by atoms with Crippen molar-refractivity contribution < 1.29 is 4.79 Å². The van der Waals surface area contributed by atoms with Crippen molar-refractivity contribution in [3.05, 3.63) is 105 Å². The van der Waals surface area contributed by atoms with Gasteiger partial charge in [-0.1, -0.05) is 41.9 Å². The second-order valence-electron chi connectivity index (χ2n) is 7.37. The minimum Gasteiger partial charge on any atom is -0.318 e. The largest absolute Gasteiger partial charge is 0.323 e. The van der Waals surface area contributed by atoms with Gasteiger partial charge in [-0.15, -0.1) is 11.3 Å². The predicted molar refractivity (Wildman–Crippen MR) is 123 cm³/mol. The number of aryl methyl sites for hydroxylation is 1. The Morgan fingerprint density at radius 1 is 1.10 bits per heavy atom. The van der Waals surface area contributed by atoms with Gasteiger partial charge in [-0.2, -0.15) is 0 Å². The third-order valence-electron chi connectivity index (χ3n) is 5.48. The van der Waals surface area contributed by atoms with Crippen LogP contribution >= 0.6 is 22.9 Å². The van der Waals surface area contributed by atoms with Gasteiger partial charge in [-0.05, 0) is 59.8 Å². The van der Waals surface area contributed by atoms with E-state index in [0.29, 0.717) is 11.6 Å². The Kier molecular flexibility index (Phi) is 4.85. The number of fused-ring (bicyclic) bond motifs is 3. The summed E-state index contributed by atoms with van der Waals surface area (Å²) in [6.07, 6.45) is 2.07. The van der Waals surface area contributed by atoms with Crippen LogP contribution in [-0.4, -0.2) is 15.5 Å². The Morgan fingerprint density at radius 3 is 2.80 bits per heavy atom. The van der Waals surface area contributed by atoms with Crippen LogP contribution in [0.4, 0.5) is 10.5 Å². The molecule has 1 atom stereocenters. The van der Waals surface area contributed by atoms with E-state index in [1.54, 1.807) is 17.4 Å². The van der Waals surface area contributed by atoms with Gasteiger partial charge in [0.2, 0.25) is 0 Å². The fraction of sp³-hybridized carbons (Fsp3) is 0.125. The summed E-state index contributed by atoms with van der Waals surface area (Å²) in [6.45, 7) is 2.47. The molecule has 0 fully saturated rings. The summed E-state index contributed by atoms with van der Waals surface area (Å²) in [5, 5.41) is 5.74. The van der Waals surface area contributed by atoms with Crippen molar-refractivity contribution in [1.29, 1.82) is 0 Å². The number of anilines is 1. The molecule has 150 valence electrons. The number of carbonyl (C=O) groups is 1. The summed E-state index contributed by atoms with van der Waals surface area (Å²) in [7, 11) is 0. The van der Waals surface area contributed by atoms with Gasteiger partial charge in [0.15, 0.2) is 0 Å². The lowest BCUT2D eigenvalue weighted by molar-refractivity contribution is 0.195. The maximum atomic E-state index is 13.6. The van der Waals surface area contributed by atoms with Crippen LogP contribution in [0.5, 0.6) is 0 Å². The van der Waals surface area contributed by atoms with Gasteiger partial charge < -0.3 is 14.8 Å². The van der Waals surface area contributed by atoms with Crippen molar-refractivity contribution in [2.24, 2.45) is 0 Å². The Labute approximate surface area is 184 Å². The van der Waals surface area contributed by atoms with E-state index in [0.717, 1.165) is 33.1 Å². The molecule has 2 amide bonds. The minimum atomic E-state index is -0.188. The number of aromatic nitrogens is 1. The van der Waals surface area contributed by atoms with Crippen LogP contribution in [0.2, 0.25) is 5.02 Å².